The molecule has 1 aromatic heterocycles. The summed E-state index contributed by atoms with van der Waals surface area (Å²) in [5.74, 6) is 0. The van der Waals surface area contributed by atoms with Gasteiger partial charge in [0.25, 0.3) is 0 Å². The molecule has 0 N–H and O–H groups in total. The minimum absolute atomic E-state index is 1.20. The van der Waals surface area contributed by atoms with Gasteiger partial charge in [-0.15, -0.1) is 11.3 Å². The smallest absolute Gasteiger partial charge is 0.0361 e. The van der Waals surface area contributed by atoms with Crippen molar-refractivity contribution in [2.24, 2.45) is 0 Å². The molecule has 0 radical (unpaired) electrons. The van der Waals surface area contributed by atoms with Crippen molar-refractivity contribution in [2.75, 3.05) is 0 Å². The predicted molar refractivity (Wildman–Crippen MR) is 127 cm³/mol. The first-order valence-electron chi connectivity index (χ1n) is 10.5. The van der Waals surface area contributed by atoms with Gasteiger partial charge in [0.05, 0.1) is 0 Å². The van der Waals surface area contributed by atoms with Crippen LogP contribution in [0.3, 0.4) is 0 Å². The normalized spacial score (nSPS) is 11.9. The van der Waals surface area contributed by atoms with Gasteiger partial charge in [0.15, 0.2) is 0 Å². The van der Waals surface area contributed by atoms with Gasteiger partial charge >= 0.3 is 0 Å². The Labute approximate surface area is 170 Å². The van der Waals surface area contributed by atoms with Gasteiger partial charge in [-0.05, 0) is 71.1 Å². The van der Waals surface area contributed by atoms with E-state index in [-0.39, 0.29) is 0 Å². The Kier molecular flexibility index (Phi) is 4.56. The minimum Gasteiger partial charge on any atom is -0.135 e. The number of hydrogen-bond donors (Lipinski definition) is 0. The molecule has 140 valence electrons. The average Bonchev–Trinajstić information content (AvgIpc) is 3.04. The lowest BCUT2D eigenvalue weighted by molar-refractivity contribution is 0.667. The second-order valence-corrected chi connectivity index (χ2v) is 9.23. The molecule has 0 spiro atoms. The quantitative estimate of drug-likeness (QED) is 0.266. The molecule has 1 heterocycles. The molecule has 0 unspecified atom stereocenters. The van der Waals surface area contributed by atoms with Gasteiger partial charge in [-0.1, -0.05) is 68.1 Å². The van der Waals surface area contributed by atoms with E-state index in [4.69, 9.17) is 0 Å². The molecule has 0 fully saturated rings. The molecule has 0 saturated heterocycles. The zero-order valence-corrected chi connectivity index (χ0v) is 17.5. The van der Waals surface area contributed by atoms with Gasteiger partial charge in [-0.25, -0.2) is 0 Å². The summed E-state index contributed by atoms with van der Waals surface area (Å²) < 4.78 is 2.79. The highest BCUT2D eigenvalue weighted by Crippen LogP contribution is 2.38. The second kappa shape index (κ2) is 7.22. The Morgan fingerprint density at radius 1 is 0.643 bits per heavy atom. The van der Waals surface area contributed by atoms with Crippen LogP contribution in [0.2, 0.25) is 0 Å². The minimum atomic E-state index is 1.20. The highest BCUT2D eigenvalue weighted by molar-refractivity contribution is 7.26. The highest BCUT2D eigenvalue weighted by atomic mass is 32.1. The number of unbranched alkanes of at least 4 members (excludes halogenated alkanes) is 3. The fourth-order valence-corrected chi connectivity index (χ4v) is 5.51. The molecule has 0 amide bonds. The Balaban J connectivity index is 1.61. The van der Waals surface area contributed by atoms with E-state index < -0.39 is 0 Å². The van der Waals surface area contributed by atoms with Crippen molar-refractivity contribution in [2.45, 2.75) is 46.0 Å². The van der Waals surface area contributed by atoms with E-state index in [1.54, 1.807) is 0 Å². The van der Waals surface area contributed by atoms with E-state index in [0.29, 0.717) is 0 Å². The second-order valence-electron chi connectivity index (χ2n) is 8.14. The van der Waals surface area contributed by atoms with Crippen molar-refractivity contribution in [1.29, 1.82) is 0 Å². The van der Waals surface area contributed by atoms with Crippen LogP contribution in [-0.4, -0.2) is 0 Å². The lowest BCUT2D eigenvalue weighted by atomic mass is 10.00. The summed E-state index contributed by atoms with van der Waals surface area (Å²) >= 11 is 1.93. The van der Waals surface area contributed by atoms with E-state index in [2.05, 4.69) is 74.5 Å². The maximum Gasteiger partial charge on any atom is 0.0361 e. The van der Waals surface area contributed by atoms with Gasteiger partial charge in [0, 0.05) is 20.2 Å². The average molecular weight is 383 g/mol. The number of hydrogen-bond acceptors (Lipinski definition) is 1. The van der Waals surface area contributed by atoms with E-state index in [0.717, 1.165) is 0 Å². The molecule has 28 heavy (non-hydrogen) atoms. The highest BCUT2D eigenvalue weighted by Gasteiger charge is 2.09. The SMILES string of the molecule is CCCCCCc1ccc2cc3c(cc2c1)sc1cc2ccc(C)cc2cc13. The van der Waals surface area contributed by atoms with Crippen molar-refractivity contribution >= 4 is 53.1 Å². The van der Waals surface area contributed by atoms with E-state index >= 15 is 0 Å². The van der Waals surface area contributed by atoms with E-state index in [1.807, 2.05) is 11.3 Å². The van der Waals surface area contributed by atoms with Crippen molar-refractivity contribution in [3.05, 3.63) is 71.8 Å². The Bertz CT molecular complexity index is 1310. The maximum absolute atomic E-state index is 2.41. The third-order valence-corrected chi connectivity index (χ3v) is 7.04. The van der Waals surface area contributed by atoms with E-state index in [9.17, 15) is 0 Å². The topological polar surface area (TPSA) is 0 Å². The number of thiophene rings is 1. The Morgan fingerprint density at radius 3 is 2.14 bits per heavy atom. The van der Waals surface area contributed by atoms with Crippen LogP contribution < -0.4 is 0 Å². The molecular weight excluding hydrogens is 356 g/mol. The first kappa shape index (κ1) is 17.7. The number of benzene rings is 4. The number of rotatable bonds is 5. The number of aryl methyl sites for hydroxylation is 2. The predicted octanol–water partition coefficient (Wildman–Crippen LogP) is 8.79. The van der Waals surface area contributed by atoms with Gasteiger partial charge in [-0.3, -0.25) is 0 Å². The summed E-state index contributed by atoms with van der Waals surface area (Å²) in [5, 5.41) is 8.20. The summed E-state index contributed by atoms with van der Waals surface area (Å²) in [6.45, 7) is 4.44. The maximum atomic E-state index is 2.41. The Morgan fingerprint density at radius 2 is 1.32 bits per heavy atom. The lowest BCUT2D eigenvalue weighted by Crippen LogP contribution is -1.86. The van der Waals surface area contributed by atoms with Crippen LogP contribution >= 0.6 is 11.3 Å². The third-order valence-electron chi connectivity index (χ3n) is 5.93. The standard InChI is InChI=1S/C27H26S/c1-3-4-5-6-7-19-9-11-20-14-24-25-15-22-12-18(2)8-10-21(22)16-26(25)28-27(24)17-23(20)13-19/h8-17H,3-7H2,1-2H3. The van der Waals surface area contributed by atoms with Crippen LogP contribution in [0.25, 0.3) is 41.7 Å². The van der Waals surface area contributed by atoms with Crippen LogP contribution in [0.4, 0.5) is 0 Å². The molecule has 0 atom stereocenters. The van der Waals surface area contributed by atoms with Crippen LogP contribution in [-0.2, 0) is 6.42 Å². The molecule has 5 aromatic rings. The first-order chi connectivity index (χ1) is 13.7. The van der Waals surface area contributed by atoms with Crippen LogP contribution in [0, 0.1) is 6.92 Å². The van der Waals surface area contributed by atoms with Crippen molar-refractivity contribution in [3.8, 4) is 0 Å². The molecule has 4 aromatic carbocycles. The van der Waals surface area contributed by atoms with Crippen molar-refractivity contribution in [3.63, 3.8) is 0 Å². The monoisotopic (exact) mass is 382 g/mol. The van der Waals surface area contributed by atoms with Gasteiger partial charge in [0.2, 0.25) is 0 Å². The summed E-state index contributed by atoms with van der Waals surface area (Å²) in [4.78, 5) is 0. The molecule has 1 heteroatoms. The van der Waals surface area contributed by atoms with Crippen LogP contribution in [0.15, 0.2) is 60.7 Å². The molecule has 0 bridgehead atoms. The Hall–Kier alpha value is -2.38. The molecular formula is C27H26S. The largest absolute Gasteiger partial charge is 0.135 e. The first-order valence-corrected chi connectivity index (χ1v) is 11.3. The zero-order valence-electron chi connectivity index (χ0n) is 16.7. The summed E-state index contributed by atoms with van der Waals surface area (Å²) in [6, 6.07) is 23.3. The molecule has 0 aliphatic rings. The molecule has 5 rings (SSSR count). The van der Waals surface area contributed by atoms with Crippen LogP contribution in [0.5, 0.6) is 0 Å². The number of fused-ring (bicyclic) bond motifs is 5. The third kappa shape index (κ3) is 3.18. The summed E-state index contributed by atoms with van der Waals surface area (Å²) in [6.07, 6.45) is 6.50. The summed E-state index contributed by atoms with van der Waals surface area (Å²) in [5.41, 5.74) is 2.80. The summed E-state index contributed by atoms with van der Waals surface area (Å²) in [7, 11) is 0. The van der Waals surface area contributed by atoms with Crippen LogP contribution in [0.1, 0.15) is 43.7 Å². The fourth-order valence-electron chi connectivity index (χ4n) is 4.34. The lowest BCUT2D eigenvalue weighted by Gasteiger charge is -2.05. The molecule has 0 aliphatic heterocycles. The van der Waals surface area contributed by atoms with E-state index in [1.165, 1.54) is 84.9 Å². The fraction of sp³-hybridized carbons (Fsp3) is 0.259. The molecule has 0 nitrogen and oxygen atoms in total. The van der Waals surface area contributed by atoms with Gasteiger partial charge in [-0.2, -0.15) is 0 Å². The molecule has 0 saturated carbocycles. The van der Waals surface area contributed by atoms with Gasteiger partial charge in [0.1, 0.15) is 0 Å². The van der Waals surface area contributed by atoms with Crippen molar-refractivity contribution < 1.29 is 0 Å². The zero-order chi connectivity index (χ0) is 19.1. The molecule has 0 aliphatic carbocycles. The van der Waals surface area contributed by atoms with Crippen molar-refractivity contribution in [1.82, 2.24) is 0 Å². The van der Waals surface area contributed by atoms with Gasteiger partial charge < -0.3 is 0 Å².